The summed E-state index contributed by atoms with van der Waals surface area (Å²) >= 11 is 0. The van der Waals surface area contributed by atoms with E-state index in [0.29, 0.717) is 23.5 Å². The molecule has 0 saturated heterocycles. The molecule has 2 heterocycles. The van der Waals surface area contributed by atoms with Gasteiger partial charge in [-0.3, -0.25) is 9.59 Å². The molecule has 2 aromatic carbocycles. The number of rotatable bonds is 5. The van der Waals surface area contributed by atoms with Crippen LogP contribution in [0.25, 0.3) is 11.1 Å². The molecule has 0 atom stereocenters. The van der Waals surface area contributed by atoms with Gasteiger partial charge in [0.05, 0.1) is 24.4 Å². The molecule has 1 aromatic heterocycles. The first-order valence-electron chi connectivity index (χ1n) is 10.6. The highest BCUT2D eigenvalue weighted by Gasteiger charge is 2.24. The van der Waals surface area contributed by atoms with Gasteiger partial charge in [0.15, 0.2) is 5.75 Å². The zero-order chi connectivity index (χ0) is 22.8. The Balaban J connectivity index is 1.69. The van der Waals surface area contributed by atoms with Gasteiger partial charge >= 0.3 is 0 Å². The van der Waals surface area contributed by atoms with Crippen LogP contribution in [0.2, 0.25) is 0 Å². The van der Waals surface area contributed by atoms with Crippen LogP contribution in [0, 0.1) is 13.8 Å². The number of nitrogens with zero attached hydrogens (tertiary/aromatic N) is 1. The Morgan fingerprint density at radius 1 is 1.16 bits per heavy atom. The number of H-pyrrole nitrogens is 1. The fourth-order valence-electron chi connectivity index (χ4n) is 3.96. The monoisotopic (exact) mass is 433 g/mol. The number of pyridine rings is 1. The lowest BCUT2D eigenvalue weighted by atomic mass is 9.98. The Hall–Kier alpha value is -3.58. The molecule has 7 heteroatoms. The molecule has 0 aliphatic carbocycles. The lowest BCUT2D eigenvalue weighted by Crippen LogP contribution is -2.32. The number of benzene rings is 2. The van der Waals surface area contributed by atoms with E-state index in [-0.39, 0.29) is 24.6 Å². The summed E-state index contributed by atoms with van der Waals surface area (Å²) in [5, 5.41) is 12.2. The van der Waals surface area contributed by atoms with Crippen LogP contribution in [0.3, 0.4) is 0 Å². The number of likely N-dealkylation sites (N-methyl/N-ethyl adjacent to an activating group) is 1. The fourth-order valence-corrected chi connectivity index (χ4v) is 3.96. The van der Waals surface area contributed by atoms with Crippen LogP contribution in [-0.2, 0) is 13.2 Å². The lowest BCUT2D eigenvalue weighted by molar-refractivity contribution is 0.0946. The molecular formula is C25H27N3O4. The van der Waals surface area contributed by atoms with Gasteiger partial charge in [-0.05, 0) is 54.3 Å². The summed E-state index contributed by atoms with van der Waals surface area (Å²) in [5.41, 5.74) is 5.86. The van der Waals surface area contributed by atoms with Gasteiger partial charge in [-0.1, -0.05) is 24.3 Å². The van der Waals surface area contributed by atoms with Crippen LogP contribution in [-0.4, -0.2) is 36.2 Å². The summed E-state index contributed by atoms with van der Waals surface area (Å²) in [7, 11) is 1.97. The maximum Gasteiger partial charge on any atom is 0.255 e. The van der Waals surface area contributed by atoms with Crippen LogP contribution >= 0.6 is 0 Å². The van der Waals surface area contributed by atoms with Crippen molar-refractivity contribution in [2.24, 2.45) is 0 Å². The molecule has 4 rings (SSSR count). The predicted molar refractivity (Wildman–Crippen MR) is 124 cm³/mol. The number of aromatic amines is 1. The third kappa shape index (κ3) is 4.24. The normalized spacial score (nSPS) is 12.8. The topological polar surface area (TPSA) is 94.7 Å². The minimum atomic E-state index is -0.301. The number of hydrogen-bond acceptors (Lipinski definition) is 5. The van der Waals surface area contributed by atoms with E-state index in [2.05, 4.69) is 15.2 Å². The zero-order valence-corrected chi connectivity index (χ0v) is 18.5. The van der Waals surface area contributed by atoms with Crippen LogP contribution in [0.4, 0.5) is 5.69 Å². The summed E-state index contributed by atoms with van der Waals surface area (Å²) < 4.78 is 5.89. The molecule has 0 radical (unpaired) electrons. The van der Waals surface area contributed by atoms with E-state index in [1.165, 1.54) is 0 Å². The zero-order valence-electron chi connectivity index (χ0n) is 18.5. The molecule has 0 saturated carbocycles. The highest BCUT2D eigenvalue weighted by molar-refractivity contribution is 6.00. The van der Waals surface area contributed by atoms with Crippen molar-refractivity contribution in [2.75, 3.05) is 25.1 Å². The Morgan fingerprint density at radius 2 is 1.91 bits per heavy atom. The first kappa shape index (κ1) is 21.6. The van der Waals surface area contributed by atoms with E-state index in [1.54, 1.807) is 0 Å². The molecule has 0 spiro atoms. The molecule has 32 heavy (non-hydrogen) atoms. The van der Waals surface area contributed by atoms with Crippen LogP contribution in [0.1, 0.15) is 32.7 Å². The number of ether oxygens (including phenoxy) is 1. The van der Waals surface area contributed by atoms with E-state index < -0.39 is 0 Å². The number of nitrogens with one attached hydrogen (secondary N) is 2. The molecule has 0 unspecified atom stereocenters. The second-order valence-electron chi connectivity index (χ2n) is 8.12. The van der Waals surface area contributed by atoms with Crippen molar-refractivity contribution in [3.8, 4) is 16.9 Å². The number of aliphatic hydroxyl groups is 1. The highest BCUT2D eigenvalue weighted by Crippen LogP contribution is 2.38. The molecule has 3 aromatic rings. The first-order chi connectivity index (χ1) is 15.4. The van der Waals surface area contributed by atoms with Crippen LogP contribution < -0.4 is 20.5 Å². The standard InChI is InChI=1S/C25H27N3O4/c1-15-10-16(2)27-25(31)21(15)13-26-24(30)20-11-19(18-6-4-17(14-29)5-7-18)12-22-23(20)32-9-8-28(22)3/h4-7,10-12,29H,8-9,13-14H2,1-3H3,(H,26,30)(H,27,31). The number of amides is 1. The van der Waals surface area contributed by atoms with Gasteiger partial charge in [-0.2, -0.15) is 0 Å². The molecule has 0 fully saturated rings. The van der Waals surface area contributed by atoms with Gasteiger partial charge in [0.2, 0.25) is 0 Å². The van der Waals surface area contributed by atoms with Crippen molar-refractivity contribution in [1.29, 1.82) is 0 Å². The minimum absolute atomic E-state index is 0.0216. The number of hydrogen-bond donors (Lipinski definition) is 3. The third-order valence-corrected chi connectivity index (χ3v) is 5.79. The Bertz CT molecular complexity index is 1220. The average Bonchev–Trinajstić information content (AvgIpc) is 2.78. The summed E-state index contributed by atoms with van der Waals surface area (Å²) in [6, 6.07) is 13.3. The molecule has 0 bridgehead atoms. The second-order valence-corrected chi connectivity index (χ2v) is 8.12. The van der Waals surface area contributed by atoms with Crippen molar-refractivity contribution >= 4 is 11.6 Å². The molecule has 166 valence electrons. The fraction of sp³-hybridized carbons (Fsp3) is 0.280. The maximum absolute atomic E-state index is 13.2. The number of carbonyl (C=O) groups excluding carboxylic acids is 1. The average molecular weight is 434 g/mol. The molecule has 7 nitrogen and oxygen atoms in total. The molecule has 1 amide bonds. The Labute approximate surface area is 186 Å². The van der Waals surface area contributed by atoms with Gasteiger partial charge in [0, 0.05) is 24.8 Å². The van der Waals surface area contributed by atoms with Crippen LogP contribution in [0.5, 0.6) is 5.75 Å². The lowest BCUT2D eigenvalue weighted by Gasteiger charge is -2.30. The van der Waals surface area contributed by atoms with Gasteiger partial charge in [-0.25, -0.2) is 0 Å². The largest absolute Gasteiger partial charge is 0.489 e. The van der Waals surface area contributed by atoms with Crippen molar-refractivity contribution < 1.29 is 14.6 Å². The van der Waals surface area contributed by atoms with Crippen molar-refractivity contribution in [1.82, 2.24) is 10.3 Å². The number of aromatic nitrogens is 1. The van der Waals surface area contributed by atoms with E-state index in [1.807, 2.05) is 63.4 Å². The number of fused-ring (bicyclic) bond motifs is 1. The summed E-state index contributed by atoms with van der Waals surface area (Å²) in [5.74, 6) is 0.242. The van der Waals surface area contributed by atoms with E-state index in [9.17, 15) is 14.7 Å². The third-order valence-electron chi connectivity index (χ3n) is 5.79. The van der Waals surface area contributed by atoms with Gasteiger partial charge in [0.1, 0.15) is 6.61 Å². The quantitative estimate of drug-likeness (QED) is 0.575. The summed E-state index contributed by atoms with van der Waals surface area (Å²) in [4.78, 5) is 30.4. The molecular weight excluding hydrogens is 406 g/mol. The van der Waals surface area contributed by atoms with Gasteiger partial charge < -0.3 is 25.0 Å². The summed E-state index contributed by atoms with van der Waals surface area (Å²) in [6.07, 6.45) is 0. The second kappa shape index (κ2) is 8.88. The number of aliphatic hydroxyl groups excluding tert-OH is 1. The SMILES string of the molecule is Cc1cc(C)c(CNC(=O)c2cc(-c3ccc(CO)cc3)cc3c2OCCN3C)c(=O)[nH]1. The molecule has 1 aliphatic rings. The highest BCUT2D eigenvalue weighted by atomic mass is 16.5. The maximum atomic E-state index is 13.2. The Morgan fingerprint density at radius 3 is 2.59 bits per heavy atom. The van der Waals surface area contributed by atoms with Gasteiger partial charge in [-0.15, -0.1) is 0 Å². The van der Waals surface area contributed by atoms with Crippen molar-refractivity contribution in [2.45, 2.75) is 27.0 Å². The van der Waals surface area contributed by atoms with E-state index >= 15 is 0 Å². The van der Waals surface area contributed by atoms with Crippen molar-refractivity contribution in [3.05, 3.63) is 80.8 Å². The first-order valence-corrected chi connectivity index (χ1v) is 10.6. The van der Waals surface area contributed by atoms with Gasteiger partial charge in [0.25, 0.3) is 11.5 Å². The number of anilines is 1. The Kier molecular flexibility index (Phi) is 6.01. The molecule has 3 N–H and O–H groups in total. The van der Waals surface area contributed by atoms with E-state index in [0.717, 1.165) is 40.2 Å². The number of carbonyl (C=O) groups is 1. The molecule has 1 aliphatic heterocycles. The van der Waals surface area contributed by atoms with E-state index in [4.69, 9.17) is 4.74 Å². The summed E-state index contributed by atoms with van der Waals surface area (Å²) in [6.45, 7) is 5.01. The number of aryl methyl sites for hydroxylation is 2. The predicted octanol–water partition coefficient (Wildman–Crippen LogP) is 2.91. The smallest absolute Gasteiger partial charge is 0.255 e. The van der Waals surface area contributed by atoms with Crippen molar-refractivity contribution in [3.63, 3.8) is 0 Å². The van der Waals surface area contributed by atoms with Crippen LogP contribution in [0.15, 0.2) is 47.3 Å². The minimum Gasteiger partial charge on any atom is -0.489 e.